The topological polar surface area (TPSA) is 54.9 Å². The Bertz CT molecular complexity index is 455. The molecule has 2 aliphatic heterocycles. The van der Waals surface area contributed by atoms with E-state index < -0.39 is 0 Å². The predicted octanol–water partition coefficient (Wildman–Crippen LogP) is 1.68. The summed E-state index contributed by atoms with van der Waals surface area (Å²) in [7, 11) is 1.86. The van der Waals surface area contributed by atoms with E-state index in [9.17, 15) is 0 Å². The van der Waals surface area contributed by atoms with Gasteiger partial charge in [-0.2, -0.15) is 0 Å². The normalized spacial score (nSPS) is 42.6. The fraction of sp³-hybridized carbons (Fsp3) is 0.941. The number of nitrogens with zero attached hydrogens (tertiary/aromatic N) is 1. The van der Waals surface area contributed by atoms with Gasteiger partial charge in [-0.25, -0.2) is 0 Å². The summed E-state index contributed by atoms with van der Waals surface area (Å²) < 4.78 is 11.9. The van der Waals surface area contributed by atoms with Gasteiger partial charge in [-0.05, 0) is 39.0 Å². The Labute approximate surface area is 133 Å². The van der Waals surface area contributed by atoms with E-state index in [0.29, 0.717) is 23.5 Å². The molecule has 2 saturated heterocycles. The van der Waals surface area contributed by atoms with Crippen LogP contribution in [0, 0.1) is 11.3 Å². The van der Waals surface area contributed by atoms with Crippen LogP contribution in [0.25, 0.3) is 0 Å². The fourth-order valence-corrected chi connectivity index (χ4v) is 5.04. The Morgan fingerprint density at radius 1 is 1.23 bits per heavy atom. The van der Waals surface area contributed by atoms with Crippen molar-refractivity contribution in [2.75, 3.05) is 26.8 Å². The average Bonchev–Trinajstić information content (AvgIpc) is 3.06. The molecule has 0 aromatic carbocycles. The first-order valence-electron chi connectivity index (χ1n) is 8.90. The van der Waals surface area contributed by atoms with Gasteiger partial charge >= 0.3 is 0 Å². The van der Waals surface area contributed by atoms with Crippen LogP contribution in [0.4, 0.5) is 0 Å². The number of hydrogen-bond acceptors (Lipinski definition) is 3. The van der Waals surface area contributed by atoms with Gasteiger partial charge in [0.25, 0.3) is 0 Å². The molecule has 0 aromatic rings. The molecular formula is C17H29N3O2. The van der Waals surface area contributed by atoms with Crippen LogP contribution in [-0.4, -0.2) is 50.5 Å². The van der Waals surface area contributed by atoms with Gasteiger partial charge < -0.3 is 20.1 Å². The second-order valence-electron chi connectivity index (χ2n) is 7.78. The van der Waals surface area contributed by atoms with Crippen LogP contribution < -0.4 is 10.6 Å². The minimum atomic E-state index is -0.0373. The highest BCUT2D eigenvalue weighted by Crippen LogP contribution is 2.62. The van der Waals surface area contributed by atoms with Gasteiger partial charge in [0.05, 0.1) is 11.7 Å². The summed E-state index contributed by atoms with van der Waals surface area (Å²) >= 11 is 0. The first-order valence-corrected chi connectivity index (χ1v) is 8.90. The lowest BCUT2D eigenvalue weighted by Crippen LogP contribution is -2.72. The molecule has 0 aromatic heterocycles. The third kappa shape index (κ3) is 2.16. The van der Waals surface area contributed by atoms with Gasteiger partial charge in [-0.3, -0.25) is 4.99 Å². The Morgan fingerprint density at radius 3 is 2.73 bits per heavy atom. The maximum atomic E-state index is 5.99. The van der Waals surface area contributed by atoms with E-state index in [1.165, 1.54) is 25.7 Å². The van der Waals surface area contributed by atoms with Crippen LogP contribution in [0.2, 0.25) is 0 Å². The van der Waals surface area contributed by atoms with Crippen LogP contribution >= 0.6 is 0 Å². The smallest absolute Gasteiger partial charge is 0.191 e. The molecule has 0 bridgehead atoms. The van der Waals surface area contributed by atoms with E-state index in [1.807, 2.05) is 7.05 Å². The maximum Gasteiger partial charge on any atom is 0.191 e. The number of hydrogen-bond donors (Lipinski definition) is 2. The summed E-state index contributed by atoms with van der Waals surface area (Å²) in [5.41, 5.74) is 0.358. The highest BCUT2D eigenvalue weighted by molar-refractivity contribution is 5.80. The molecule has 5 nitrogen and oxygen atoms in total. The minimum Gasteiger partial charge on any atom is -0.377 e. The second-order valence-corrected chi connectivity index (χ2v) is 7.78. The number of ether oxygens (including phenoxy) is 2. The molecule has 1 spiro atoms. The number of guanidine groups is 1. The molecule has 2 saturated carbocycles. The summed E-state index contributed by atoms with van der Waals surface area (Å²) in [6.45, 7) is 4.85. The van der Waals surface area contributed by atoms with Crippen LogP contribution in [0.1, 0.15) is 45.4 Å². The van der Waals surface area contributed by atoms with Gasteiger partial charge in [0, 0.05) is 44.2 Å². The summed E-state index contributed by atoms with van der Waals surface area (Å²) in [5.74, 6) is 1.61. The first kappa shape index (κ1) is 14.8. The Morgan fingerprint density at radius 2 is 2.09 bits per heavy atom. The second kappa shape index (κ2) is 5.38. The molecule has 2 N–H and O–H groups in total. The van der Waals surface area contributed by atoms with Crippen molar-refractivity contribution in [1.82, 2.24) is 10.6 Å². The van der Waals surface area contributed by atoms with Crippen molar-refractivity contribution < 1.29 is 9.47 Å². The van der Waals surface area contributed by atoms with E-state index in [-0.39, 0.29) is 5.60 Å². The van der Waals surface area contributed by atoms with Crippen molar-refractivity contribution in [3.63, 3.8) is 0 Å². The zero-order valence-corrected chi connectivity index (χ0v) is 13.9. The Balaban J connectivity index is 1.37. The van der Waals surface area contributed by atoms with Crippen LogP contribution in [0.15, 0.2) is 4.99 Å². The van der Waals surface area contributed by atoms with Crippen LogP contribution in [0.5, 0.6) is 0 Å². The van der Waals surface area contributed by atoms with Crippen molar-refractivity contribution in [3.05, 3.63) is 0 Å². The third-order valence-corrected chi connectivity index (χ3v) is 6.48. The van der Waals surface area contributed by atoms with Crippen molar-refractivity contribution in [2.24, 2.45) is 16.3 Å². The molecule has 2 heterocycles. The quantitative estimate of drug-likeness (QED) is 0.615. The minimum absolute atomic E-state index is 0.0373. The van der Waals surface area contributed by atoms with Crippen molar-refractivity contribution >= 4 is 5.96 Å². The molecule has 5 heteroatoms. The first-order chi connectivity index (χ1) is 10.7. The summed E-state index contributed by atoms with van der Waals surface area (Å²) in [4.78, 5) is 4.44. The molecular weight excluding hydrogens is 278 g/mol. The third-order valence-electron chi connectivity index (χ3n) is 6.48. The molecule has 0 radical (unpaired) electrons. The lowest BCUT2D eigenvalue weighted by molar-refractivity contribution is -0.171. The molecule has 4 unspecified atom stereocenters. The number of aliphatic imine (C=N–C) groups is 1. The van der Waals surface area contributed by atoms with Crippen molar-refractivity contribution in [1.29, 1.82) is 0 Å². The molecule has 4 atom stereocenters. The monoisotopic (exact) mass is 307 g/mol. The van der Waals surface area contributed by atoms with E-state index in [4.69, 9.17) is 9.47 Å². The molecule has 2 aliphatic carbocycles. The SMILES string of the molecule is CN=C(NCC1(C)CCCO1)NC1C2CCOC2C12CCC2. The van der Waals surface area contributed by atoms with E-state index in [2.05, 4.69) is 22.5 Å². The lowest BCUT2D eigenvalue weighted by atomic mass is 9.46. The zero-order chi connectivity index (χ0) is 15.2. The van der Waals surface area contributed by atoms with Gasteiger partial charge in [0.1, 0.15) is 0 Å². The predicted molar refractivity (Wildman–Crippen MR) is 86.0 cm³/mol. The Kier molecular flexibility index (Phi) is 3.61. The van der Waals surface area contributed by atoms with E-state index in [0.717, 1.165) is 38.6 Å². The van der Waals surface area contributed by atoms with Gasteiger partial charge in [-0.1, -0.05) is 6.42 Å². The van der Waals surface area contributed by atoms with E-state index in [1.54, 1.807) is 0 Å². The summed E-state index contributed by atoms with van der Waals surface area (Å²) in [6, 6.07) is 0.539. The number of rotatable bonds is 3. The maximum absolute atomic E-state index is 5.99. The molecule has 124 valence electrons. The molecule has 4 fully saturated rings. The van der Waals surface area contributed by atoms with Crippen LogP contribution in [0.3, 0.4) is 0 Å². The Hall–Kier alpha value is -0.810. The van der Waals surface area contributed by atoms with E-state index >= 15 is 0 Å². The fourth-order valence-electron chi connectivity index (χ4n) is 5.04. The zero-order valence-electron chi connectivity index (χ0n) is 13.9. The van der Waals surface area contributed by atoms with Gasteiger partial charge in [0.2, 0.25) is 0 Å². The largest absolute Gasteiger partial charge is 0.377 e. The highest BCUT2D eigenvalue weighted by atomic mass is 16.5. The highest BCUT2D eigenvalue weighted by Gasteiger charge is 2.66. The van der Waals surface area contributed by atoms with Gasteiger partial charge in [0.15, 0.2) is 5.96 Å². The molecule has 22 heavy (non-hydrogen) atoms. The standard InChI is InChI=1S/C17H29N3O2/c1-16(6-4-9-22-16)11-19-15(18-2)20-13-12-5-10-21-14(12)17(13)7-3-8-17/h12-14H,3-11H2,1-2H3,(H2,18,19,20). The molecule has 4 rings (SSSR count). The van der Waals surface area contributed by atoms with Crippen LogP contribution in [-0.2, 0) is 9.47 Å². The van der Waals surface area contributed by atoms with Crippen molar-refractivity contribution in [3.8, 4) is 0 Å². The number of nitrogens with one attached hydrogen (secondary N) is 2. The molecule has 4 aliphatic rings. The van der Waals surface area contributed by atoms with Gasteiger partial charge in [-0.15, -0.1) is 0 Å². The number of fused-ring (bicyclic) bond motifs is 2. The average molecular weight is 307 g/mol. The summed E-state index contributed by atoms with van der Waals surface area (Å²) in [5, 5.41) is 7.20. The lowest BCUT2D eigenvalue weighted by Gasteiger charge is -2.63. The summed E-state index contributed by atoms with van der Waals surface area (Å²) in [6.07, 6.45) is 7.96. The van der Waals surface area contributed by atoms with Crippen molar-refractivity contribution in [2.45, 2.75) is 63.2 Å². The molecule has 0 amide bonds.